The summed E-state index contributed by atoms with van der Waals surface area (Å²) in [4.78, 5) is 28.6. The highest BCUT2D eigenvalue weighted by Gasteiger charge is 2.43. The fourth-order valence-electron chi connectivity index (χ4n) is 4.14. The molecule has 7 nitrogen and oxygen atoms in total. The van der Waals surface area contributed by atoms with Gasteiger partial charge in [-0.2, -0.15) is 0 Å². The summed E-state index contributed by atoms with van der Waals surface area (Å²) < 4.78 is 16.9. The topological polar surface area (TPSA) is 89.2 Å². The average molecular weight is 502 g/mol. The van der Waals surface area contributed by atoms with E-state index in [1.54, 1.807) is 36.3 Å². The number of phenols is 1. The van der Waals surface area contributed by atoms with Gasteiger partial charge in [-0.15, -0.1) is 0 Å². The molecule has 0 radical (unpaired) electrons. The molecule has 2 heterocycles. The third-order valence-electron chi connectivity index (χ3n) is 5.92. The molecule has 0 saturated heterocycles. The van der Waals surface area contributed by atoms with Crippen LogP contribution < -0.4 is 10.2 Å². The van der Waals surface area contributed by atoms with Gasteiger partial charge in [-0.05, 0) is 77.2 Å². The predicted octanol–water partition coefficient (Wildman–Crippen LogP) is 4.47. The summed E-state index contributed by atoms with van der Waals surface area (Å²) in [5.41, 5.74) is 3.03. The first kappa shape index (κ1) is 22.4. The summed E-state index contributed by atoms with van der Waals surface area (Å²) >= 11 is 3.34. The lowest BCUT2D eigenvalue weighted by molar-refractivity contribution is 0.0707. The summed E-state index contributed by atoms with van der Waals surface area (Å²) in [6, 6.07) is 6.25. The van der Waals surface area contributed by atoms with Crippen molar-refractivity contribution in [3.05, 3.63) is 67.0 Å². The quantitative estimate of drug-likeness (QED) is 0.501. The van der Waals surface area contributed by atoms with Crippen LogP contribution in [0.15, 0.2) is 37.9 Å². The molecule has 32 heavy (non-hydrogen) atoms. The van der Waals surface area contributed by atoms with E-state index in [1.165, 1.54) is 7.11 Å². The van der Waals surface area contributed by atoms with Crippen LogP contribution in [0.2, 0.25) is 0 Å². The Morgan fingerprint density at radius 2 is 1.84 bits per heavy atom. The van der Waals surface area contributed by atoms with Crippen LogP contribution in [-0.2, 0) is 4.74 Å². The molecule has 0 bridgehead atoms. The van der Waals surface area contributed by atoms with Crippen molar-refractivity contribution in [1.29, 1.82) is 0 Å². The first-order valence-electron chi connectivity index (χ1n) is 10.2. The van der Waals surface area contributed by atoms with Crippen LogP contribution in [0.5, 0.6) is 11.5 Å². The second-order valence-electron chi connectivity index (χ2n) is 7.91. The van der Waals surface area contributed by atoms with Crippen LogP contribution in [0.4, 0.5) is 0 Å². The molecule has 1 aliphatic rings. The number of phenolic OH excluding ortho intramolecular Hbond substituents is 1. The van der Waals surface area contributed by atoms with E-state index in [9.17, 15) is 14.7 Å². The van der Waals surface area contributed by atoms with Gasteiger partial charge in [0.15, 0.2) is 16.9 Å². The third-order valence-corrected chi connectivity index (χ3v) is 6.52. The summed E-state index contributed by atoms with van der Waals surface area (Å²) in [5.74, 6) is -0.107. The monoisotopic (exact) mass is 501 g/mol. The van der Waals surface area contributed by atoms with Gasteiger partial charge in [0, 0.05) is 20.3 Å². The Kier molecular flexibility index (Phi) is 6.01. The molecule has 1 aliphatic heterocycles. The smallest absolute Gasteiger partial charge is 0.290 e. The highest BCUT2D eigenvalue weighted by molar-refractivity contribution is 9.10. The van der Waals surface area contributed by atoms with Gasteiger partial charge in [-0.3, -0.25) is 9.59 Å². The molecule has 8 heteroatoms. The van der Waals surface area contributed by atoms with Crippen molar-refractivity contribution >= 4 is 32.8 Å². The lowest BCUT2D eigenvalue weighted by Gasteiger charge is -2.25. The van der Waals surface area contributed by atoms with E-state index in [0.29, 0.717) is 46.1 Å². The van der Waals surface area contributed by atoms with Crippen LogP contribution in [-0.4, -0.2) is 43.3 Å². The van der Waals surface area contributed by atoms with E-state index in [1.807, 2.05) is 13.8 Å². The molecule has 1 N–H and O–H groups in total. The third kappa shape index (κ3) is 3.57. The van der Waals surface area contributed by atoms with E-state index >= 15 is 0 Å². The minimum Gasteiger partial charge on any atom is -0.503 e. The second kappa shape index (κ2) is 8.60. The first-order chi connectivity index (χ1) is 15.3. The molecular weight excluding hydrogens is 478 g/mol. The van der Waals surface area contributed by atoms with Gasteiger partial charge >= 0.3 is 0 Å². The van der Waals surface area contributed by atoms with E-state index in [2.05, 4.69) is 15.9 Å². The molecule has 2 aromatic carbocycles. The van der Waals surface area contributed by atoms with Gasteiger partial charge in [0.2, 0.25) is 5.76 Å². The summed E-state index contributed by atoms with van der Waals surface area (Å²) in [5, 5.41) is 10.7. The van der Waals surface area contributed by atoms with E-state index < -0.39 is 6.04 Å². The molecule has 4 rings (SSSR count). The standard InChI is InChI=1S/C24H24BrNO6/c1-12-8-15-17(9-13(12)2)32-23-19(21(15)27)20(26(24(23)29)6-5-7-30-3)14-10-16(25)22(28)18(11-14)31-4/h8-11,20,28H,5-7H2,1-4H3. The number of carbonyl (C=O) groups is 1. The predicted molar refractivity (Wildman–Crippen MR) is 124 cm³/mol. The molecule has 1 unspecified atom stereocenters. The molecule has 3 aromatic rings. The molecule has 1 aromatic heterocycles. The van der Waals surface area contributed by atoms with Crippen molar-refractivity contribution < 1.29 is 23.8 Å². The number of hydrogen-bond donors (Lipinski definition) is 1. The fraction of sp³-hybridized carbons (Fsp3) is 0.333. The molecule has 0 saturated carbocycles. The lowest BCUT2D eigenvalue weighted by Crippen LogP contribution is -2.31. The van der Waals surface area contributed by atoms with Crippen LogP contribution >= 0.6 is 15.9 Å². The maximum Gasteiger partial charge on any atom is 0.290 e. The Morgan fingerprint density at radius 1 is 1.12 bits per heavy atom. The molecule has 0 fully saturated rings. The van der Waals surface area contributed by atoms with Gasteiger partial charge in [0.05, 0.1) is 28.6 Å². The average Bonchev–Trinajstić information content (AvgIpc) is 3.04. The van der Waals surface area contributed by atoms with Crippen molar-refractivity contribution in [2.24, 2.45) is 0 Å². The van der Waals surface area contributed by atoms with Crippen LogP contribution in [0.1, 0.15) is 45.3 Å². The van der Waals surface area contributed by atoms with Gasteiger partial charge in [-0.25, -0.2) is 0 Å². The number of halogens is 1. The second-order valence-corrected chi connectivity index (χ2v) is 8.76. The SMILES string of the molecule is COCCCN1C(=O)c2oc3cc(C)c(C)cc3c(=O)c2C1c1cc(Br)c(O)c(OC)c1. The summed E-state index contributed by atoms with van der Waals surface area (Å²) in [6.07, 6.45) is 0.592. The lowest BCUT2D eigenvalue weighted by atomic mass is 9.97. The highest BCUT2D eigenvalue weighted by Crippen LogP contribution is 2.43. The van der Waals surface area contributed by atoms with Crippen molar-refractivity contribution in [2.75, 3.05) is 27.4 Å². The number of methoxy groups -OCH3 is 2. The zero-order valence-electron chi connectivity index (χ0n) is 18.3. The molecular formula is C24H24BrNO6. The summed E-state index contributed by atoms with van der Waals surface area (Å²) in [6.45, 7) is 4.71. The number of aryl methyl sites for hydroxylation is 2. The zero-order valence-corrected chi connectivity index (χ0v) is 19.9. The Bertz CT molecular complexity index is 1280. The summed E-state index contributed by atoms with van der Waals surface area (Å²) in [7, 11) is 3.05. The van der Waals surface area contributed by atoms with Crippen LogP contribution in [0, 0.1) is 13.8 Å². The maximum absolute atomic E-state index is 13.6. The van der Waals surface area contributed by atoms with Crippen molar-refractivity contribution in [3.8, 4) is 11.5 Å². The minimum atomic E-state index is -0.678. The molecule has 0 aliphatic carbocycles. The number of nitrogens with zero attached hydrogens (tertiary/aromatic N) is 1. The Morgan fingerprint density at radius 3 is 2.53 bits per heavy atom. The highest BCUT2D eigenvalue weighted by atomic mass is 79.9. The number of hydrogen-bond acceptors (Lipinski definition) is 6. The van der Waals surface area contributed by atoms with Gasteiger partial charge < -0.3 is 23.9 Å². The molecule has 168 valence electrons. The first-order valence-corrected chi connectivity index (χ1v) is 11.0. The van der Waals surface area contributed by atoms with Crippen LogP contribution in [0.3, 0.4) is 0 Å². The van der Waals surface area contributed by atoms with E-state index in [4.69, 9.17) is 13.9 Å². The number of amides is 1. The van der Waals surface area contributed by atoms with Crippen molar-refractivity contribution in [1.82, 2.24) is 4.90 Å². The molecule has 0 spiro atoms. The molecule has 1 amide bonds. The van der Waals surface area contributed by atoms with E-state index in [0.717, 1.165) is 11.1 Å². The van der Waals surface area contributed by atoms with E-state index in [-0.39, 0.29) is 28.6 Å². The maximum atomic E-state index is 13.6. The number of fused-ring (bicyclic) bond motifs is 2. The van der Waals surface area contributed by atoms with Gasteiger partial charge in [-0.1, -0.05) is 0 Å². The Balaban J connectivity index is 1.98. The number of ether oxygens (including phenoxy) is 2. The number of benzene rings is 2. The van der Waals surface area contributed by atoms with Crippen molar-refractivity contribution in [2.45, 2.75) is 26.3 Å². The number of aromatic hydroxyl groups is 1. The normalized spacial score (nSPS) is 15.5. The Labute approximate surface area is 193 Å². The molecule has 1 atom stereocenters. The minimum absolute atomic E-state index is 0.0522. The number of carbonyl (C=O) groups excluding carboxylic acids is 1. The largest absolute Gasteiger partial charge is 0.503 e. The van der Waals surface area contributed by atoms with Crippen molar-refractivity contribution in [3.63, 3.8) is 0 Å². The van der Waals surface area contributed by atoms with Gasteiger partial charge in [0.25, 0.3) is 5.91 Å². The fourth-order valence-corrected chi connectivity index (χ4v) is 4.60. The Hall–Kier alpha value is -2.84. The van der Waals surface area contributed by atoms with Crippen LogP contribution in [0.25, 0.3) is 11.0 Å². The number of rotatable bonds is 6. The van der Waals surface area contributed by atoms with Gasteiger partial charge in [0.1, 0.15) is 5.58 Å². The zero-order chi connectivity index (χ0) is 23.2.